The zero-order valence-corrected chi connectivity index (χ0v) is 18.4. The number of nitrogens with zero attached hydrogens (tertiary/aromatic N) is 1. The van der Waals surface area contributed by atoms with Gasteiger partial charge in [0.2, 0.25) is 10.0 Å². The average Bonchev–Trinajstić information content (AvgIpc) is 2.82. The van der Waals surface area contributed by atoms with Crippen LogP contribution in [0.2, 0.25) is 0 Å². The molecule has 1 aromatic heterocycles. The zero-order valence-electron chi connectivity index (χ0n) is 17.5. The molecule has 3 aromatic rings. The molecule has 1 heterocycles. The number of amides is 1. The minimum Gasteiger partial charge on any atom is -0.355 e. The summed E-state index contributed by atoms with van der Waals surface area (Å²) in [5, 5.41) is 3.58. The van der Waals surface area contributed by atoms with Crippen molar-refractivity contribution >= 4 is 26.8 Å². The molecule has 2 N–H and O–H groups in total. The molecule has 6 nitrogen and oxygen atoms in total. The Morgan fingerprint density at radius 3 is 2.39 bits per heavy atom. The Bertz CT molecular complexity index is 1170. The Kier molecular flexibility index (Phi) is 6.34. The molecule has 2 aromatic carbocycles. The lowest BCUT2D eigenvalue weighted by atomic mass is 9.80. The minimum absolute atomic E-state index is 0.108. The summed E-state index contributed by atoms with van der Waals surface area (Å²) in [5.74, 6) is 0.465. The second-order valence-corrected chi connectivity index (χ2v) is 9.84. The SMILES string of the molecule is CNC(=O)c1cc(C2CCC(CNS(=O)(=O)c3ccccc3)CC2)nc2ccccc12. The fourth-order valence-electron chi connectivity index (χ4n) is 4.30. The lowest BCUT2D eigenvalue weighted by Crippen LogP contribution is -2.31. The molecule has 0 spiro atoms. The zero-order chi connectivity index (χ0) is 21.8. The van der Waals surface area contributed by atoms with Gasteiger partial charge >= 0.3 is 0 Å². The van der Waals surface area contributed by atoms with Gasteiger partial charge in [0.15, 0.2) is 0 Å². The topological polar surface area (TPSA) is 88.2 Å². The Morgan fingerprint density at radius 2 is 1.68 bits per heavy atom. The van der Waals surface area contributed by atoms with Gasteiger partial charge in [0.25, 0.3) is 5.91 Å². The molecular formula is C24H27N3O3S. The summed E-state index contributed by atoms with van der Waals surface area (Å²) in [4.78, 5) is 17.5. The number of pyridine rings is 1. The van der Waals surface area contributed by atoms with Crippen LogP contribution in [0.25, 0.3) is 10.9 Å². The number of rotatable bonds is 6. The van der Waals surface area contributed by atoms with Crippen LogP contribution in [-0.2, 0) is 10.0 Å². The van der Waals surface area contributed by atoms with Gasteiger partial charge in [-0.05, 0) is 55.9 Å². The monoisotopic (exact) mass is 437 g/mol. The molecule has 0 aliphatic heterocycles. The van der Waals surface area contributed by atoms with E-state index in [1.807, 2.05) is 30.3 Å². The minimum atomic E-state index is -3.47. The lowest BCUT2D eigenvalue weighted by Gasteiger charge is -2.28. The highest BCUT2D eigenvalue weighted by atomic mass is 32.2. The number of fused-ring (bicyclic) bond motifs is 1. The largest absolute Gasteiger partial charge is 0.355 e. The molecule has 0 saturated heterocycles. The Labute approximate surface area is 183 Å². The molecule has 1 aliphatic rings. The molecule has 4 rings (SSSR count). The third-order valence-electron chi connectivity index (χ3n) is 6.09. The highest BCUT2D eigenvalue weighted by Crippen LogP contribution is 2.36. The first kappa shape index (κ1) is 21.5. The van der Waals surface area contributed by atoms with Crippen LogP contribution in [0.5, 0.6) is 0 Å². The van der Waals surface area contributed by atoms with E-state index in [0.717, 1.165) is 42.3 Å². The summed E-state index contributed by atoms with van der Waals surface area (Å²) in [6, 6.07) is 18.1. The van der Waals surface area contributed by atoms with Crippen molar-refractivity contribution in [3.63, 3.8) is 0 Å². The first-order chi connectivity index (χ1) is 15.0. The van der Waals surface area contributed by atoms with Crippen molar-refractivity contribution in [1.82, 2.24) is 15.0 Å². The number of hydrogen-bond donors (Lipinski definition) is 2. The van der Waals surface area contributed by atoms with Crippen molar-refractivity contribution in [2.45, 2.75) is 36.5 Å². The number of sulfonamides is 1. The molecule has 0 bridgehead atoms. The van der Waals surface area contributed by atoms with E-state index >= 15 is 0 Å². The van der Waals surface area contributed by atoms with Crippen molar-refractivity contribution in [2.24, 2.45) is 5.92 Å². The van der Waals surface area contributed by atoms with Crippen LogP contribution >= 0.6 is 0 Å². The first-order valence-electron chi connectivity index (χ1n) is 10.6. The van der Waals surface area contributed by atoms with Gasteiger partial charge in [-0.1, -0.05) is 36.4 Å². The van der Waals surface area contributed by atoms with E-state index in [1.54, 1.807) is 37.4 Å². The number of carbonyl (C=O) groups excluding carboxylic acids is 1. The molecule has 1 amide bonds. The molecule has 1 fully saturated rings. The van der Waals surface area contributed by atoms with Gasteiger partial charge in [0.1, 0.15) is 0 Å². The molecule has 0 unspecified atom stereocenters. The van der Waals surface area contributed by atoms with E-state index in [2.05, 4.69) is 10.0 Å². The first-order valence-corrected chi connectivity index (χ1v) is 12.1. The summed E-state index contributed by atoms with van der Waals surface area (Å²) < 4.78 is 27.7. The van der Waals surface area contributed by atoms with Crippen LogP contribution < -0.4 is 10.0 Å². The molecule has 7 heteroatoms. The van der Waals surface area contributed by atoms with E-state index < -0.39 is 10.0 Å². The van der Waals surface area contributed by atoms with Crippen LogP contribution in [0.4, 0.5) is 0 Å². The second kappa shape index (κ2) is 9.16. The maximum Gasteiger partial charge on any atom is 0.251 e. The quantitative estimate of drug-likeness (QED) is 0.613. The molecule has 1 saturated carbocycles. The van der Waals surface area contributed by atoms with Crippen molar-refractivity contribution in [2.75, 3.05) is 13.6 Å². The van der Waals surface area contributed by atoms with Crippen LogP contribution in [0.15, 0.2) is 65.6 Å². The number of nitrogens with one attached hydrogen (secondary N) is 2. The van der Waals surface area contributed by atoms with Crippen molar-refractivity contribution in [3.05, 3.63) is 71.9 Å². The third-order valence-corrected chi connectivity index (χ3v) is 7.53. The predicted molar refractivity (Wildman–Crippen MR) is 121 cm³/mol. The molecule has 0 atom stereocenters. The molecule has 0 radical (unpaired) electrons. The van der Waals surface area contributed by atoms with Crippen LogP contribution in [0.1, 0.15) is 47.7 Å². The molecular weight excluding hydrogens is 410 g/mol. The van der Waals surface area contributed by atoms with Crippen LogP contribution in [0, 0.1) is 5.92 Å². The molecule has 31 heavy (non-hydrogen) atoms. The number of para-hydroxylation sites is 1. The van der Waals surface area contributed by atoms with Gasteiger partial charge < -0.3 is 5.32 Å². The van der Waals surface area contributed by atoms with Gasteiger partial charge in [-0.15, -0.1) is 0 Å². The fraction of sp³-hybridized carbons (Fsp3) is 0.333. The summed E-state index contributed by atoms with van der Waals surface area (Å²) in [5.41, 5.74) is 2.43. The molecule has 162 valence electrons. The summed E-state index contributed by atoms with van der Waals surface area (Å²) in [6.45, 7) is 0.443. The maximum absolute atomic E-state index is 12.5. The van der Waals surface area contributed by atoms with E-state index in [1.165, 1.54) is 0 Å². The number of aromatic nitrogens is 1. The van der Waals surface area contributed by atoms with E-state index in [4.69, 9.17) is 4.98 Å². The van der Waals surface area contributed by atoms with Crippen molar-refractivity contribution in [3.8, 4) is 0 Å². The van der Waals surface area contributed by atoms with Crippen LogP contribution in [-0.4, -0.2) is 32.9 Å². The standard InChI is InChI=1S/C24H27N3O3S/c1-25-24(28)21-15-23(27-22-10-6-5-9-20(21)22)18-13-11-17(12-14-18)16-26-31(29,30)19-7-3-2-4-8-19/h2-10,15,17-18,26H,11-14,16H2,1H3,(H,25,28). The Balaban J connectivity index is 1.43. The fourth-order valence-corrected chi connectivity index (χ4v) is 5.44. The van der Waals surface area contributed by atoms with Gasteiger partial charge in [0, 0.05) is 30.6 Å². The Hall–Kier alpha value is -2.77. The smallest absolute Gasteiger partial charge is 0.251 e. The lowest BCUT2D eigenvalue weighted by molar-refractivity contribution is 0.0964. The van der Waals surface area contributed by atoms with Gasteiger partial charge in [-0.3, -0.25) is 9.78 Å². The number of hydrogen-bond acceptors (Lipinski definition) is 4. The highest BCUT2D eigenvalue weighted by molar-refractivity contribution is 7.89. The summed E-state index contributed by atoms with van der Waals surface area (Å²) >= 11 is 0. The van der Waals surface area contributed by atoms with E-state index in [9.17, 15) is 13.2 Å². The number of benzene rings is 2. The average molecular weight is 438 g/mol. The van der Waals surface area contributed by atoms with E-state index in [0.29, 0.717) is 22.9 Å². The second-order valence-electron chi connectivity index (χ2n) is 8.07. The third kappa shape index (κ3) is 4.78. The van der Waals surface area contributed by atoms with Gasteiger partial charge in [-0.25, -0.2) is 13.1 Å². The van der Waals surface area contributed by atoms with Gasteiger partial charge in [-0.2, -0.15) is 0 Å². The summed E-state index contributed by atoms with van der Waals surface area (Å²) in [7, 11) is -1.84. The molecule has 1 aliphatic carbocycles. The highest BCUT2D eigenvalue weighted by Gasteiger charge is 2.26. The van der Waals surface area contributed by atoms with Crippen LogP contribution in [0.3, 0.4) is 0 Å². The maximum atomic E-state index is 12.5. The van der Waals surface area contributed by atoms with Crippen molar-refractivity contribution < 1.29 is 13.2 Å². The van der Waals surface area contributed by atoms with Gasteiger partial charge in [0.05, 0.1) is 16.0 Å². The predicted octanol–water partition coefficient (Wildman–Crippen LogP) is 3.85. The normalized spacial score (nSPS) is 19.3. The summed E-state index contributed by atoms with van der Waals surface area (Å²) in [6.07, 6.45) is 3.70. The Morgan fingerprint density at radius 1 is 1.00 bits per heavy atom. The van der Waals surface area contributed by atoms with E-state index in [-0.39, 0.29) is 11.8 Å². The number of carbonyl (C=O) groups is 1. The van der Waals surface area contributed by atoms with Crippen molar-refractivity contribution in [1.29, 1.82) is 0 Å².